The Morgan fingerprint density at radius 2 is 1.44 bits per heavy atom. The molecule has 0 aromatic heterocycles. The van der Waals surface area contributed by atoms with E-state index in [9.17, 15) is 14.7 Å². The number of aliphatic hydroxyl groups is 1. The highest BCUT2D eigenvalue weighted by atomic mass is 79.9. The normalized spacial score (nSPS) is 22.4. The quantitative estimate of drug-likeness (QED) is 0.635. The fraction of sp³-hybridized carbons (Fsp3) is 0.417. The molecule has 8 heteroatoms. The van der Waals surface area contributed by atoms with E-state index in [1.165, 1.54) is 4.90 Å². The molecule has 2 fully saturated rings. The number of carbonyl (C=O) groups excluding carboxylic acids is 2. The monoisotopic (exact) mass is 500 g/mol. The average Bonchev–Trinajstić information content (AvgIpc) is 3.35. The Morgan fingerprint density at radius 1 is 0.875 bits per heavy atom. The minimum absolute atomic E-state index is 0.0484. The molecule has 1 N–H and O–H groups in total. The van der Waals surface area contributed by atoms with Gasteiger partial charge in [0.1, 0.15) is 0 Å². The first kappa shape index (κ1) is 21.7. The van der Waals surface area contributed by atoms with Gasteiger partial charge < -0.3 is 14.6 Å². The molecule has 0 spiro atoms. The van der Waals surface area contributed by atoms with Crippen LogP contribution in [0.1, 0.15) is 39.1 Å². The van der Waals surface area contributed by atoms with Crippen molar-refractivity contribution in [2.24, 2.45) is 0 Å². The number of benzene rings is 2. The van der Waals surface area contributed by atoms with Crippen LogP contribution in [0.15, 0.2) is 53.0 Å². The zero-order valence-corrected chi connectivity index (χ0v) is 19.2. The van der Waals surface area contributed by atoms with E-state index in [1.807, 2.05) is 24.3 Å². The second-order valence-corrected chi connectivity index (χ2v) is 9.58. The molecule has 2 aromatic carbocycles. The van der Waals surface area contributed by atoms with Gasteiger partial charge in [-0.15, -0.1) is 0 Å². The molecule has 0 atom stereocenters. The summed E-state index contributed by atoms with van der Waals surface area (Å²) in [6.45, 7) is 2.62. The van der Waals surface area contributed by atoms with E-state index >= 15 is 0 Å². The third-order valence-corrected chi connectivity index (χ3v) is 7.15. The SMILES string of the molecule is O=C1c2ccccc2C(=O)N1CC1(CN2CCC(O)(c3ccc(Br)cc3)CC2)OCCO1. The van der Waals surface area contributed by atoms with Crippen LogP contribution in [0.2, 0.25) is 0 Å². The third-order valence-electron chi connectivity index (χ3n) is 6.62. The molecule has 2 aromatic rings. The summed E-state index contributed by atoms with van der Waals surface area (Å²) in [5.74, 6) is -1.68. The highest BCUT2D eigenvalue weighted by Gasteiger charge is 2.47. The van der Waals surface area contributed by atoms with Crippen LogP contribution >= 0.6 is 15.9 Å². The van der Waals surface area contributed by atoms with Crippen LogP contribution < -0.4 is 0 Å². The fourth-order valence-corrected chi connectivity index (χ4v) is 5.09. The summed E-state index contributed by atoms with van der Waals surface area (Å²) in [5, 5.41) is 11.2. The van der Waals surface area contributed by atoms with E-state index in [1.54, 1.807) is 24.3 Å². The van der Waals surface area contributed by atoms with Gasteiger partial charge >= 0.3 is 0 Å². The van der Waals surface area contributed by atoms with Crippen molar-refractivity contribution in [1.29, 1.82) is 0 Å². The molecule has 3 aliphatic heterocycles. The summed E-state index contributed by atoms with van der Waals surface area (Å²) in [5.41, 5.74) is 0.880. The molecule has 7 nitrogen and oxygen atoms in total. The van der Waals surface area contributed by atoms with E-state index in [0.29, 0.717) is 56.8 Å². The molecule has 2 amide bonds. The van der Waals surface area contributed by atoms with Gasteiger partial charge in [-0.3, -0.25) is 19.4 Å². The van der Waals surface area contributed by atoms with Gasteiger partial charge in [-0.25, -0.2) is 0 Å². The molecule has 3 aliphatic rings. The first-order valence-corrected chi connectivity index (χ1v) is 11.6. The Kier molecular flexibility index (Phi) is 5.67. The van der Waals surface area contributed by atoms with E-state index in [2.05, 4.69) is 20.8 Å². The van der Waals surface area contributed by atoms with E-state index in [4.69, 9.17) is 9.47 Å². The number of halogens is 1. The Labute approximate surface area is 195 Å². The van der Waals surface area contributed by atoms with Crippen LogP contribution in [0.3, 0.4) is 0 Å². The molecule has 3 heterocycles. The number of carbonyl (C=O) groups is 2. The number of rotatable bonds is 5. The average molecular weight is 501 g/mol. The summed E-state index contributed by atoms with van der Waals surface area (Å²) in [4.78, 5) is 29.1. The number of nitrogens with zero attached hydrogens (tertiary/aromatic N) is 2. The van der Waals surface area contributed by atoms with Gasteiger partial charge in [0.25, 0.3) is 11.8 Å². The van der Waals surface area contributed by atoms with Crippen molar-refractivity contribution < 1.29 is 24.2 Å². The maximum Gasteiger partial charge on any atom is 0.261 e. The van der Waals surface area contributed by atoms with Crippen molar-refractivity contribution >= 4 is 27.7 Å². The van der Waals surface area contributed by atoms with Crippen LogP contribution in [-0.2, 0) is 15.1 Å². The lowest BCUT2D eigenvalue weighted by Crippen LogP contribution is -2.55. The maximum absolute atomic E-state index is 12.8. The summed E-state index contributed by atoms with van der Waals surface area (Å²) in [6, 6.07) is 14.6. The smallest absolute Gasteiger partial charge is 0.261 e. The van der Waals surface area contributed by atoms with Gasteiger partial charge in [0.15, 0.2) is 5.79 Å². The zero-order valence-electron chi connectivity index (χ0n) is 17.6. The summed E-state index contributed by atoms with van der Waals surface area (Å²) in [7, 11) is 0. The van der Waals surface area contributed by atoms with E-state index in [-0.39, 0.29) is 18.4 Å². The van der Waals surface area contributed by atoms with Crippen LogP contribution in [0.4, 0.5) is 0 Å². The Morgan fingerprint density at radius 3 is 2.00 bits per heavy atom. The highest BCUT2D eigenvalue weighted by molar-refractivity contribution is 9.10. The van der Waals surface area contributed by atoms with Crippen LogP contribution in [0.5, 0.6) is 0 Å². The first-order valence-electron chi connectivity index (χ1n) is 10.8. The predicted molar refractivity (Wildman–Crippen MR) is 120 cm³/mol. The van der Waals surface area contributed by atoms with Gasteiger partial charge in [0, 0.05) is 17.6 Å². The minimum atomic E-state index is -1.06. The minimum Gasteiger partial charge on any atom is -0.385 e. The second kappa shape index (κ2) is 8.35. The van der Waals surface area contributed by atoms with Crippen molar-refractivity contribution in [1.82, 2.24) is 9.80 Å². The van der Waals surface area contributed by atoms with Crippen molar-refractivity contribution in [2.45, 2.75) is 24.2 Å². The number of amides is 2. The van der Waals surface area contributed by atoms with Crippen molar-refractivity contribution in [3.05, 3.63) is 69.7 Å². The lowest BCUT2D eigenvalue weighted by atomic mass is 9.84. The summed E-state index contributed by atoms with van der Waals surface area (Å²) < 4.78 is 12.9. The van der Waals surface area contributed by atoms with E-state index < -0.39 is 11.4 Å². The standard InChI is InChI=1S/C24H25BrN2O5/c25-18-7-5-17(6-8-18)23(30)9-11-26(12-10-23)15-24(31-13-14-32-24)16-27-21(28)19-3-1-2-4-20(19)22(27)29/h1-8,30H,9-16H2. The van der Waals surface area contributed by atoms with Gasteiger partial charge in [0.2, 0.25) is 0 Å². The topological polar surface area (TPSA) is 79.3 Å². The molecule has 0 saturated carbocycles. The van der Waals surface area contributed by atoms with Gasteiger partial charge in [-0.05, 0) is 42.7 Å². The van der Waals surface area contributed by atoms with Gasteiger partial charge in [0.05, 0.1) is 43.0 Å². The predicted octanol–water partition coefficient (Wildman–Crippen LogP) is 2.77. The van der Waals surface area contributed by atoms with Gasteiger partial charge in [-0.2, -0.15) is 0 Å². The second-order valence-electron chi connectivity index (χ2n) is 8.66. The molecule has 5 rings (SSSR count). The molecule has 32 heavy (non-hydrogen) atoms. The number of fused-ring (bicyclic) bond motifs is 1. The lowest BCUT2D eigenvalue weighted by Gasteiger charge is -2.42. The number of hydrogen-bond donors (Lipinski definition) is 1. The number of likely N-dealkylation sites (tertiary alicyclic amines) is 1. The molecular weight excluding hydrogens is 476 g/mol. The number of imide groups is 1. The molecule has 0 unspecified atom stereocenters. The number of piperidine rings is 1. The maximum atomic E-state index is 12.8. The third kappa shape index (κ3) is 3.91. The molecule has 0 bridgehead atoms. The number of ether oxygens (including phenoxy) is 2. The zero-order chi connectivity index (χ0) is 22.3. The Hall–Kier alpha value is -2.10. The summed E-state index contributed by atoms with van der Waals surface area (Å²) in [6.07, 6.45) is 1.16. The molecular formula is C24H25BrN2O5. The molecule has 0 aliphatic carbocycles. The molecule has 168 valence electrons. The van der Waals surface area contributed by atoms with Gasteiger partial charge in [-0.1, -0.05) is 40.2 Å². The van der Waals surface area contributed by atoms with Crippen molar-refractivity contribution in [3.8, 4) is 0 Å². The highest BCUT2D eigenvalue weighted by Crippen LogP contribution is 2.35. The number of hydrogen-bond acceptors (Lipinski definition) is 6. The summed E-state index contributed by atoms with van der Waals surface area (Å²) >= 11 is 3.44. The van der Waals surface area contributed by atoms with Crippen LogP contribution in [-0.4, -0.2) is 71.9 Å². The first-order chi connectivity index (χ1) is 15.4. The van der Waals surface area contributed by atoms with Crippen molar-refractivity contribution in [2.75, 3.05) is 39.4 Å². The fourth-order valence-electron chi connectivity index (χ4n) is 4.82. The molecule has 0 radical (unpaired) electrons. The largest absolute Gasteiger partial charge is 0.385 e. The van der Waals surface area contributed by atoms with Crippen LogP contribution in [0, 0.1) is 0 Å². The van der Waals surface area contributed by atoms with Crippen LogP contribution in [0.25, 0.3) is 0 Å². The lowest BCUT2D eigenvalue weighted by molar-refractivity contribution is -0.180. The Balaban J connectivity index is 1.27. The molecule has 2 saturated heterocycles. The van der Waals surface area contributed by atoms with Crippen molar-refractivity contribution in [3.63, 3.8) is 0 Å². The van der Waals surface area contributed by atoms with E-state index in [0.717, 1.165) is 10.0 Å². The Bertz CT molecular complexity index is 992.